The predicted molar refractivity (Wildman–Crippen MR) is 75.8 cm³/mol. The van der Waals surface area contributed by atoms with Gasteiger partial charge in [-0.15, -0.1) is 0 Å². The van der Waals surface area contributed by atoms with Crippen LogP contribution in [0.5, 0.6) is 5.75 Å². The summed E-state index contributed by atoms with van der Waals surface area (Å²) in [7, 11) is 0. The number of ether oxygens (including phenoxy) is 1. The highest BCUT2D eigenvalue weighted by molar-refractivity contribution is 5.93. The Bertz CT molecular complexity index is 629. The molecule has 0 fully saturated rings. The van der Waals surface area contributed by atoms with E-state index >= 15 is 0 Å². The van der Waals surface area contributed by atoms with Gasteiger partial charge in [0.15, 0.2) is 0 Å². The highest BCUT2D eigenvalue weighted by Gasteiger charge is 2.07. The first-order valence-corrected chi connectivity index (χ1v) is 6.38. The average Bonchev–Trinajstić information content (AvgIpc) is 2.47. The molecule has 1 aromatic heterocycles. The van der Waals surface area contributed by atoms with Gasteiger partial charge in [-0.1, -0.05) is 18.2 Å². The van der Waals surface area contributed by atoms with Gasteiger partial charge in [0, 0.05) is 24.4 Å². The quantitative estimate of drug-likeness (QED) is 0.870. The van der Waals surface area contributed by atoms with E-state index in [4.69, 9.17) is 4.74 Å². The fourth-order valence-corrected chi connectivity index (χ4v) is 1.78. The summed E-state index contributed by atoms with van der Waals surface area (Å²) in [6.07, 6.45) is 1.39. The van der Waals surface area contributed by atoms with Crippen molar-refractivity contribution in [2.75, 3.05) is 6.61 Å². The Hall–Kier alpha value is -2.56. The van der Waals surface area contributed by atoms with Crippen molar-refractivity contribution in [1.82, 2.24) is 10.3 Å². The molecule has 5 heteroatoms. The molecule has 0 aliphatic heterocycles. The summed E-state index contributed by atoms with van der Waals surface area (Å²) in [5.74, 6) is 0.518. The number of hydrogen-bond donors (Lipinski definition) is 2. The summed E-state index contributed by atoms with van der Waals surface area (Å²) in [6, 6.07) is 10.4. The van der Waals surface area contributed by atoms with Crippen LogP contribution < -0.4 is 15.6 Å². The van der Waals surface area contributed by atoms with Crippen molar-refractivity contribution in [3.8, 4) is 5.75 Å². The highest BCUT2D eigenvalue weighted by Crippen LogP contribution is 2.17. The lowest BCUT2D eigenvalue weighted by Gasteiger charge is -2.10. The second kappa shape index (κ2) is 6.56. The number of benzene rings is 1. The fourth-order valence-electron chi connectivity index (χ4n) is 1.78. The Morgan fingerprint density at radius 1 is 1.25 bits per heavy atom. The first-order chi connectivity index (χ1) is 9.70. The van der Waals surface area contributed by atoms with E-state index in [-0.39, 0.29) is 11.5 Å². The molecule has 1 aromatic carbocycles. The van der Waals surface area contributed by atoms with E-state index in [2.05, 4.69) is 10.3 Å². The lowest BCUT2D eigenvalue weighted by atomic mass is 10.2. The van der Waals surface area contributed by atoms with E-state index in [1.54, 1.807) is 0 Å². The molecule has 0 unspecified atom stereocenters. The van der Waals surface area contributed by atoms with Gasteiger partial charge in [0.25, 0.3) is 5.91 Å². The van der Waals surface area contributed by atoms with E-state index < -0.39 is 0 Å². The maximum absolute atomic E-state index is 11.9. The van der Waals surface area contributed by atoms with Gasteiger partial charge in [0.1, 0.15) is 5.75 Å². The normalized spacial score (nSPS) is 10.1. The van der Waals surface area contributed by atoms with E-state index in [0.717, 1.165) is 11.3 Å². The van der Waals surface area contributed by atoms with Crippen molar-refractivity contribution < 1.29 is 9.53 Å². The largest absolute Gasteiger partial charge is 0.494 e. The molecule has 104 valence electrons. The van der Waals surface area contributed by atoms with Crippen LogP contribution in [0.25, 0.3) is 0 Å². The first kappa shape index (κ1) is 13.9. The zero-order chi connectivity index (χ0) is 14.4. The van der Waals surface area contributed by atoms with Crippen LogP contribution in [-0.2, 0) is 6.54 Å². The molecular weight excluding hydrogens is 256 g/mol. The first-order valence-electron chi connectivity index (χ1n) is 6.38. The second-order valence-corrected chi connectivity index (χ2v) is 4.17. The molecule has 2 aromatic rings. The van der Waals surface area contributed by atoms with Crippen molar-refractivity contribution in [3.63, 3.8) is 0 Å². The minimum absolute atomic E-state index is 0.233. The van der Waals surface area contributed by atoms with Crippen molar-refractivity contribution in [2.45, 2.75) is 13.5 Å². The van der Waals surface area contributed by atoms with Gasteiger partial charge in [-0.2, -0.15) is 0 Å². The van der Waals surface area contributed by atoms with Crippen molar-refractivity contribution >= 4 is 5.91 Å². The summed E-state index contributed by atoms with van der Waals surface area (Å²) >= 11 is 0. The molecular formula is C15H16N2O3. The van der Waals surface area contributed by atoms with Crippen molar-refractivity contribution in [2.24, 2.45) is 0 Å². The third-order valence-electron chi connectivity index (χ3n) is 2.76. The van der Waals surface area contributed by atoms with Gasteiger partial charge >= 0.3 is 0 Å². The van der Waals surface area contributed by atoms with Gasteiger partial charge < -0.3 is 15.0 Å². The smallest absolute Gasteiger partial charge is 0.253 e. The van der Waals surface area contributed by atoms with Gasteiger partial charge in [-0.25, -0.2) is 0 Å². The van der Waals surface area contributed by atoms with Crippen LogP contribution in [0, 0.1) is 0 Å². The number of nitrogens with one attached hydrogen (secondary N) is 2. The van der Waals surface area contributed by atoms with Gasteiger partial charge in [0.2, 0.25) is 5.56 Å². The molecule has 0 atom stereocenters. The maximum Gasteiger partial charge on any atom is 0.253 e. The Morgan fingerprint density at radius 2 is 2.05 bits per heavy atom. The molecule has 1 heterocycles. The van der Waals surface area contributed by atoms with E-state index in [1.165, 1.54) is 18.3 Å². The molecule has 0 saturated carbocycles. The number of hydrogen-bond acceptors (Lipinski definition) is 3. The van der Waals surface area contributed by atoms with Crippen molar-refractivity contribution in [1.29, 1.82) is 0 Å². The van der Waals surface area contributed by atoms with Crippen LogP contribution in [0.15, 0.2) is 47.4 Å². The Labute approximate surface area is 116 Å². The molecule has 1 amide bonds. The average molecular weight is 272 g/mol. The number of pyridine rings is 1. The van der Waals surface area contributed by atoms with Gasteiger partial charge in [0.05, 0.1) is 12.2 Å². The number of carbonyl (C=O) groups excluding carboxylic acids is 1. The third-order valence-corrected chi connectivity index (χ3v) is 2.76. The molecule has 0 aliphatic rings. The molecule has 0 bridgehead atoms. The SMILES string of the molecule is CCOc1ccccc1CNC(=O)c1ccc(=O)[nH]c1. The topological polar surface area (TPSA) is 71.2 Å². The summed E-state index contributed by atoms with van der Waals surface area (Å²) < 4.78 is 5.49. The maximum atomic E-state index is 11.9. The summed E-state index contributed by atoms with van der Waals surface area (Å²) in [5.41, 5.74) is 1.09. The zero-order valence-electron chi connectivity index (χ0n) is 11.2. The fraction of sp³-hybridized carbons (Fsp3) is 0.200. The Kier molecular flexibility index (Phi) is 4.55. The van der Waals surface area contributed by atoms with Crippen LogP contribution in [-0.4, -0.2) is 17.5 Å². The van der Waals surface area contributed by atoms with E-state index in [1.807, 2.05) is 31.2 Å². The van der Waals surface area contributed by atoms with Crippen LogP contribution in [0.3, 0.4) is 0 Å². The molecule has 2 rings (SSSR count). The number of amides is 1. The van der Waals surface area contributed by atoms with E-state index in [0.29, 0.717) is 18.7 Å². The molecule has 2 N–H and O–H groups in total. The molecule has 5 nitrogen and oxygen atoms in total. The lowest BCUT2D eigenvalue weighted by molar-refractivity contribution is 0.0950. The lowest BCUT2D eigenvalue weighted by Crippen LogP contribution is -2.24. The number of carbonyl (C=O) groups is 1. The summed E-state index contributed by atoms with van der Waals surface area (Å²) in [6.45, 7) is 2.86. The number of rotatable bonds is 5. The zero-order valence-corrected chi connectivity index (χ0v) is 11.2. The number of para-hydroxylation sites is 1. The number of aromatic amines is 1. The van der Waals surface area contributed by atoms with Gasteiger partial charge in [-0.05, 0) is 19.1 Å². The molecule has 0 saturated heterocycles. The number of aromatic nitrogens is 1. The molecule has 0 spiro atoms. The third kappa shape index (κ3) is 3.47. The summed E-state index contributed by atoms with van der Waals surface area (Å²) in [5, 5.41) is 2.79. The standard InChI is InChI=1S/C15H16N2O3/c1-2-20-13-6-4-3-5-11(13)9-17-15(19)12-7-8-14(18)16-10-12/h3-8,10H,2,9H2,1H3,(H,16,18)(H,17,19). The minimum atomic E-state index is -0.243. The molecule has 0 radical (unpaired) electrons. The van der Waals surface area contributed by atoms with Crippen LogP contribution >= 0.6 is 0 Å². The van der Waals surface area contributed by atoms with Gasteiger partial charge in [-0.3, -0.25) is 9.59 Å². The number of H-pyrrole nitrogens is 1. The second-order valence-electron chi connectivity index (χ2n) is 4.17. The van der Waals surface area contributed by atoms with Crippen LogP contribution in [0.1, 0.15) is 22.8 Å². The Balaban J connectivity index is 2.03. The van der Waals surface area contributed by atoms with Crippen LogP contribution in [0.2, 0.25) is 0 Å². The molecule has 20 heavy (non-hydrogen) atoms. The predicted octanol–water partition coefficient (Wildman–Crippen LogP) is 1.70. The minimum Gasteiger partial charge on any atom is -0.494 e. The monoisotopic (exact) mass is 272 g/mol. The van der Waals surface area contributed by atoms with Crippen molar-refractivity contribution in [3.05, 3.63) is 64.1 Å². The Morgan fingerprint density at radius 3 is 2.75 bits per heavy atom. The van der Waals surface area contributed by atoms with Crippen LogP contribution in [0.4, 0.5) is 0 Å². The highest BCUT2D eigenvalue weighted by atomic mass is 16.5. The summed E-state index contributed by atoms with van der Waals surface area (Å²) in [4.78, 5) is 25.3. The molecule has 0 aliphatic carbocycles. The van der Waals surface area contributed by atoms with E-state index in [9.17, 15) is 9.59 Å².